The van der Waals surface area contributed by atoms with E-state index < -0.39 is 0 Å². The number of hydrogen-bond donors (Lipinski definition) is 1. The molecule has 4 nitrogen and oxygen atoms in total. The van der Waals surface area contributed by atoms with E-state index in [1.54, 1.807) is 11.3 Å². The van der Waals surface area contributed by atoms with Crippen LogP contribution in [0.3, 0.4) is 0 Å². The van der Waals surface area contributed by atoms with Gasteiger partial charge >= 0.3 is 0 Å². The summed E-state index contributed by atoms with van der Waals surface area (Å²) >= 11 is 1.66. The van der Waals surface area contributed by atoms with Crippen LogP contribution in [0.5, 0.6) is 0 Å². The fourth-order valence-electron chi connectivity index (χ4n) is 2.50. The molecule has 0 amide bonds. The van der Waals surface area contributed by atoms with Crippen LogP contribution in [0.15, 0.2) is 11.4 Å². The number of hydrogen-bond acceptors (Lipinski definition) is 5. The predicted molar refractivity (Wildman–Crippen MR) is 78.7 cm³/mol. The van der Waals surface area contributed by atoms with Gasteiger partial charge in [0.2, 0.25) is 0 Å². The molecule has 1 saturated heterocycles. The zero-order chi connectivity index (χ0) is 13.3. The van der Waals surface area contributed by atoms with Crippen LogP contribution in [0.4, 0.5) is 5.82 Å². The molecule has 0 radical (unpaired) electrons. The monoisotopic (exact) mass is 277 g/mol. The lowest BCUT2D eigenvalue weighted by Crippen LogP contribution is -2.32. The number of fused-ring (bicyclic) bond motifs is 1. The maximum Gasteiger partial charge on any atom is 0.163 e. The molecule has 3 heterocycles. The average molecular weight is 277 g/mol. The summed E-state index contributed by atoms with van der Waals surface area (Å²) in [5.41, 5.74) is -0.333. The smallest absolute Gasteiger partial charge is 0.163 e. The number of aromatic nitrogens is 2. The Labute approximate surface area is 117 Å². The standard InChI is InChI=1S/C14H19N3OS/c1-3-15-11-10-6-9-19-12(10)17-13(16-11)14(2)7-4-5-8-18-14/h6,9H,3-5,7-8H2,1-2H3,(H,15,16,17). The van der Waals surface area contributed by atoms with Crippen molar-refractivity contribution in [2.45, 2.75) is 38.7 Å². The normalized spacial score (nSPS) is 23.7. The fourth-order valence-corrected chi connectivity index (χ4v) is 3.27. The Kier molecular flexibility index (Phi) is 3.41. The van der Waals surface area contributed by atoms with Gasteiger partial charge in [0.25, 0.3) is 0 Å². The molecule has 0 bridgehead atoms. The van der Waals surface area contributed by atoms with E-state index >= 15 is 0 Å². The highest BCUT2D eigenvalue weighted by Gasteiger charge is 2.33. The first kappa shape index (κ1) is 12.8. The SMILES string of the molecule is CCNc1nc(C2(C)CCCCO2)nc2sccc12. The van der Waals surface area contributed by atoms with Crippen LogP contribution in [0.25, 0.3) is 10.2 Å². The first-order valence-corrected chi connectivity index (χ1v) is 7.74. The van der Waals surface area contributed by atoms with Crippen molar-refractivity contribution < 1.29 is 4.74 Å². The van der Waals surface area contributed by atoms with Gasteiger partial charge in [-0.05, 0) is 44.6 Å². The second-order valence-corrected chi connectivity index (χ2v) is 6.00. The molecule has 2 aromatic rings. The van der Waals surface area contributed by atoms with Gasteiger partial charge in [-0.1, -0.05) is 0 Å². The van der Waals surface area contributed by atoms with Crippen molar-refractivity contribution in [1.82, 2.24) is 9.97 Å². The minimum atomic E-state index is -0.333. The Morgan fingerprint density at radius 3 is 3.05 bits per heavy atom. The first-order chi connectivity index (χ1) is 9.23. The molecule has 1 N–H and O–H groups in total. The minimum absolute atomic E-state index is 0.333. The summed E-state index contributed by atoms with van der Waals surface area (Å²) < 4.78 is 5.96. The van der Waals surface area contributed by atoms with Gasteiger partial charge in [-0.2, -0.15) is 0 Å². The predicted octanol–water partition coefficient (Wildman–Crippen LogP) is 3.54. The largest absolute Gasteiger partial charge is 0.370 e. The second-order valence-electron chi connectivity index (χ2n) is 5.10. The molecule has 3 rings (SSSR count). The van der Waals surface area contributed by atoms with Crippen LogP contribution >= 0.6 is 11.3 Å². The lowest BCUT2D eigenvalue weighted by Gasteiger charge is -2.32. The van der Waals surface area contributed by atoms with Gasteiger partial charge in [0, 0.05) is 13.2 Å². The molecular weight excluding hydrogens is 258 g/mol. The summed E-state index contributed by atoms with van der Waals surface area (Å²) in [6.07, 6.45) is 3.31. The number of anilines is 1. The molecule has 1 aliphatic heterocycles. The zero-order valence-electron chi connectivity index (χ0n) is 11.4. The topological polar surface area (TPSA) is 47.0 Å². The molecule has 5 heteroatoms. The van der Waals surface area contributed by atoms with E-state index in [-0.39, 0.29) is 5.60 Å². The molecule has 1 fully saturated rings. The van der Waals surface area contributed by atoms with E-state index in [0.717, 1.165) is 47.9 Å². The van der Waals surface area contributed by atoms with Crippen LogP contribution in [0.1, 0.15) is 38.9 Å². The summed E-state index contributed by atoms with van der Waals surface area (Å²) in [5.74, 6) is 1.75. The summed E-state index contributed by atoms with van der Waals surface area (Å²) in [6, 6.07) is 2.08. The fraction of sp³-hybridized carbons (Fsp3) is 0.571. The molecule has 102 valence electrons. The van der Waals surface area contributed by atoms with Gasteiger partial charge in [0.15, 0.2) is 5.82 Å². The van der Waals surface area contributed by atoms with E-state index in [1.807, 2.05) is 0 Å². The Bertz CT molecular complexity index is 575. The number of nitrogens with zero attached hydrogens (tertiary/aromatic N) is 2. The molecule has 0 spiro atoms. The van der Waals surface area contributed by atoms with Gasteiger partial charge in [0.05, 0.1) is 5.39 Å². The van der Waals surface area contributed by atoms with Crippen molar-refractivity contribution in [3.05, 3.63) is 17.3 Å². The van der Waals surface area contributed by atoms with E-state index in [9.17, 15) is 0 Å². The van der Waals surface area contributed by atoms with E-state index in [1.165, 1.54) is 6.42 Å². The molecule has 0 aromatic carbocycles. The highest BCUT2D eigenvalue weighted by molar-refractivity contribution is 7.16. The molecule has 0 aliphatic carbocycles. The number of rotatable bonds is 3. The van der Waals surface area contributed by atoms with Crippen molar-refractivity contribution in [3.8, 4) is 0 Å². The van der Waals surface area contributed by atoms with Crippen molar-refractivity contribution in [1.29, 1.82) is 0 Å². The third kappa shape index (κ3) is 2.32. The van der Waals surface area contributed by atoms with Crippen molar-refractivity contribution in [2.75, 3.05) is 18.5 Å². The summed E-state index contributed by atoms with van der Waals surface area (Å²) in [7, 11) is 0. The lowest BCUT2D eigenvalue weighted by molar-refractivity contribution is -0.0757. The first-order valence-electron chi connectivity index (χ1n) is 6.86. The van der Waals surface area contributed by atoms with Crippen LogP contribution in [-0.4, -0.2) is 23.1 Å². The third-order valence-electron chi connectivity index (χ3n) is 3.61. The van der Waals surface area contributed by atoms with Crippen LogP contribution in [0.2, 0.25) is 0 Å². The molecule has 1 aliphatic rings. The number of thiophene rings is 1. The molecule has 0 saturated carbocycles. The summed E-state index contributed by atoms with van der Waals surface area (Å²) in [6.45, 7) is 5.85. The van der Waals surface area contributed by atoms with Gasteiger partial charge in [-0.15, -0.1) is 11.3 Å². The van der Waals surface area contributed by atoms with Crippen LogP contribution in [0, 0.1) is 0 Å². The minimum Gasteiger partial charge on any atom is -0.370 e. The van der Waals surface area contributed by atoms with E-state index in [0.29, 0.717) is 0 Å². The van der Waals surface area contributed by atoms with Crippen LogP contribution in [-0.2, 0) is 10.3 Å². The Balaban J connectivity index is 2.07. The van der Waals surface area contributed by atoms with Gasteiger partial charge < -0.3 is 10.1 Å². The highest BCUT2D eigenvalue weighted by Crippen LogP contribution is 2.35. The molecule has 2 aromatic heterocycles. The van der Waals surface area contributed by atoms with Crippen molar-refractivity contribution in [2.24, 2.45) is 0 Å². The highest BCUT2D eigenvalue weighted by atomic mass is 32.1. The van der Waals surface area contributed by atoms with Crippen molar-refractivity contribution in [3.63, 3.8) is 0 Å². The van der Waals surface area contributed by atoms with Gasteiger partial charge in [-0.3, -0.25) is 0 Å². The number of nitrogens with one attached hydrogen (secondary N) is 1. The molecular formula is C14H19N3OS. The Hall–Kier alpha value is -1.20. The molecule has 19 heavy (non-hydrogen) atoms. The molecule has 1 unspecified atom stereocenters. The number of ether oxygens (including phenoxy) is 1. The van der Waals surface area contributed by atoms with Gasteiger partial charge in [-0.25, -0.2) is 9.97 Å². The maximum atomic E-state index is 5.96. The van der Waals surface area contributed by atoms with Crippen molar-refractivity contribution >= 4 is 27.4 Å². The van der Waals surface area contributed by atoms with Crippen LogP contribution < -0.4 is 5.32 Å². The van der Waals surface area contributed by atoms with E-state index in [2.05, 4.69) is 30.6 Å². The van der Waals surface area contributed by atoms with E-state index in [4.69, 9.17) is 14.7 Å². The zero-order valence-corrected chi connectivity index (χ0v) is 12.2. The lowest BCUT2D eigenvalue weighted by atomic mass is 9.95. The summed E-state index contributed by atoms with van der Waals surface area (Å²) in [4.78, 5) is 10.5. The van der Waals surface area contributed by atoms with Gasteiger partial charge in [0.1, 0.15) is 16.2 Å². The second kappa shape index (κ2) is 5.06. The molecule has 1 atom stereocenters. The quantitative estimate of drug-likeness (QED) is 0.932. The average Bonchev–Trinajstić information content (AvgIpc) is 2.88. The Morgan fingerprint density at radius 1 is 1.42 bits per heavy atom. The maximum absolute atomic E-state index is 5.96. The Morgan fingerprint density at radius 2 is 2.32 bits per heavy atom. The summed E-state index contributed by atoms with van der Waals surface area (Å²) in [5, 5.41) is 6.50. The third-order valence-corrected chi connectivity index (χ3v) is 4.42.